The number of phenolic OH excluding ortho intramolecular Hbond substituents is 1. The van der Waals surface area contributed by atoms with Crippen molar-refractivity contribution < 1.29 is 25.2 Å². The molecule has 290 valence electrons. The van der Waals surface area contributed by atoms with E-state index in [-0.39, 0.29) is 28.8 Å². The van der Waals surface area contributed by atoms with Gasteiger partial charge in [-0.3, -0.25) is 0 Å². The third-order valence-corrected chi connectivity index (χ3v) is 9.67. The Labute approximate surface area is 325 Å². The number of para-hydroxylation sites is 1. The highest BCUT2D eigenvalue weighted by Gasteiger charge is 2.34. The van der Waals surface area contributed by atoms with E-state index in [0.29, 0.717) is 11.5 Å². The van der Waals surface area contributed by atoms with Crippen molar-refractivity contribution in [1.29, 1.82) is 0 Å². The maximum absolute atomic E-state index is 10.1. The number of aliphatic carboxylic acids is 1. The Hall–Kier alpha value is -4.71. The standard InChI is InChI=1S/C40H56O2.C9H8O3/c1-29(17-13-19-31(3)21-23-37-33(5)25-35(41)27-39(37,7)8)15-11-12-16-30(2)18-14-20-32(4)22-24-38-34(6)26-36(42)28-40(38,9)10;10-8-4-2-1-3-7(8)5-6-9(11)12/h11-25,35-37,41-42H,26-28H2,1-10H3;1-6,10H,(H,11,12)/b12-11+,17-13+,18-14+,23-21+,24-22+,29-15+,30-16+,31-19+,32-20+;6-5+/t35-,36+,37-;/m0./s1. The van der Waals surface area contributed by atoms with Crippen LogP contribution in [0.15, 0.2) is 160 Å². The van der Waals surface area contributed by atoms with Crippen LogP contribution >= 0.6 is 0 Å². The zero-order valence-corrected chi connectivity index (χ0v) is 34.2. The number of hydrogen-bond acceptors (Lipinski definition) is 4. The van der Waals surface area contributed by atoms with Gasteiger partial charge in [-0.2, -0.15) is 0 Å². The number of rotatable bonds is 12. The van der Waals surface area contributed by atoms with E-state index in [2.05, 4.69) is 154 Å². The van der Waals surface area contributed by atoms with Gasteiger partial charge in [0.25, 0.3) is 0 Å². The summed E-state index contributed by atoms with van der Waals surface area (Å²) in [4.78, 5) is 10.1. The lowest BCUT2D eigenvalue weighted by Crippen LogP contribution is -2.32. The van der Waals surface area contributed by atoms with Gasteiger partial charge in [0, 0.05) is 17.6 Å². The molecule has 0 aromatic heterocycles. The molecular weight excluding hydrogens is 669 g/mol. The zero-order chi connectivity index (χ0) is 40.5. The second-order valence-electron chi connectivity index (χ2n) is 16.0. The molecule has 5 nitrogen and oxygen atoms in total. The second-order valence-corrected chi connectivity index (χ2v) is 16.0. The lowest BCUT2D eigenvalue weighted by Gasteiger charge is -2.38. The molecule has 3 rings (SSSR count). The van der Waals surface area contributed by atoms with Gasteiger partial charge < -0.3 is 20.4 Å². The van der Waals surface area contributed by atoms with Gasteiger partial charge in [-0.1, -0.05) is 170 Å². The molecule has 0 radical (unpaired) electrons. The summed E-state index contributed by atoms with van der Waals surface area (Å²) in [6, 6.07) is 6.53. The SMILES string of the molecule is CC1=C[C@H](O)CC(C)(C)[C@H]1/C=C/C(C)=C/C=C/C(C)=C/C=C/C=C(C)/C=C/C=C(C)/C=C/C1=C(C)C[C@@H](O)CC1(C)C.O=C(O)/C=C/c1ccccc1O. The molecule has 0 bridgehead atoms. The molecule has 5 heteroatoms. The van der Waals surface area contributed by atoms with Gasteiger partial charge in [-0.05, 0) is 89.4 Å². The summed E-state index contributed by atoms with van der Waals surface area (Å²) < 4.78 is 0. The quantitative estimate of drug-likeness (QED) is 0.0974. The van der Waals surface area contributed by atoms with Crippen molar-refractivity contribution in [3.63, 3.8) is 0 Å². The summed E-state index contributed by atoms with van der Waals surface area (Å²) in [7, 11) is 0. The Morgan fingerprint density at radius 1 is 0.722 bits per heavy atom. The molecule has 2 aliphatic rings. The van der Waals surface area contributed by atoms with Crippen LogP contribution in [0.2, 0.25) is 0 Å². The third-order valence-electron chi connectivity index (χ3n) is 9.67. The number of aliphatic hydroxyl groups excluding tert-OH is 2. The molecule has 0 heterocycles. The highest BCUT2D eigenvalue weighted by molar-refractivity contribution is 5.85. The van der Waals surface area contributed by atoms with Gasteiger partial charge in [-0.25, -0.2) is 4.79 Å². The number of carboxylic acid groups (broad SMARTS) is 1. The van der Waals surface area contributed by atoms with Crippen LogP contribution in [-0.4, -0.2) is 38.6 Å². The third kappa shape index (κ3) is 16.5. The molecule has 4 N–H and O–H groups in total. The first-order chi connectivity index (χ1) is 25.3. The van der Waals surface area contributed by atoms with Gasteiger partial charge in [0.2, 0.25) is 0 Å². The first-order valence-corrected chi connectivity index (χ1v) is 18.8. The number of phenols is 1. The Morgan fingerprint density at radius 3 is 1.80 bits per heavy atom. The molecule has 0 aliphatic heterocycles. The van der Waals surface area contributed by atoms with Crippen molar-refractivity contribution in [2.75, 3.05) is 0 Å². The average molecular weight is 733 g/mol. The monoisotopic (exact) mass is 732 g/mol. The van der Waals surface area contributed by atoms with E-state index in [0.717, 1.165) is 25.3 Å². The molecule has 0 saturated carbocycles. The fourth-order valence-corrected chi connectivity index (χ4v) is 6.93. The molecule has 1 aromatic rings. The normalized spacial score (nSPS) is 23.0. The van der Waals surface area contributed by atoms with Crippen LogP contribution in [0.1, 0.15) is 94.1 Å². The summed E-state index contributed by atoms with van der Waals surface area (Å²) >= 11 is 0. The minimum absolute atomic E-state index is 0.00528. The van der Waals surface area contributed by atoms with Crippen LogP contribution in [0.5, 0.6) is 5.75 Å². The van der Waals surface area contributed by atoms with Crippen LogP contribution in [-0.2, 0) is 4.79 Å². The van der Waals surface area contributed by atoms with Crippen molar-refractivity contribution in [2.24, 2.45) is 16.7 Å². The van der Waals surface area contributed by atoms with Crippen LogP contribution in [0.3, 0.4) is 0 Å². The van der Waals surface area contributed by atoms with Crippen LogP contribution < -0.4 is 0 Å². The number of carboxylic acids is 1. The molecule has 0 spiro atoms. The molecule has 54 heavy (non-hydrogen) atoms. The molecule has 1 aromatic carbocycles. The molecular formula is C49H64O5. The average Bonchev–Trinajstić information content (AvgIpc) is 3.05. The Bertz CT molecular complexity index is 1810. The maximum atomic E-state index is 10.1. The summed E-state index contributed by atoms with van der Waals surface area (Å²) in [5.41, 5.74) is 9.23. The molecule has 0 fully saturated rings. The fraction of sp³-hybridized carbons (Fsp3) is 0.367. The highest BCUT2D eigenvalue weighted by atomic mass is 16.4. The summed E-state index contributed by atoms with van der Waals surface area (Å²) in [6.45, 7) is 21.6. The van der Waals surface area contributed by atoms with Crippen LogP contribution in [0, 0.1) is 16.7 Å². The lowest BCUT2D eigenvalue weighted by atomic mass is 9.67. The minimum Gasteiger partial charge on any atom is -0.507 e. The highest BCUT2D eigenvalue weighted by Crippen LogP contribution is 2.42. The maximum Gasteiger partial charge on any atom is 0.328 e. The minimum atomic E-state index is -1.03. The van der Waals surface area contributed by atoms with Gasteiger partial charge in [-0.15, -0.1) is 0 Å². The van der Waals surface area contributed by atoms with Crippen LogP contribution in [0.25, 0.3) is 6.08 Å². The van der Waals surface area contributed by atoms with Crippen molar-refractivity contribution in [3.05, 3.63) is 166 Å². The van der Waals surface area contributed by atoms with Crippen molar-refractivity contribution in [2.45, 2.75) is 101 Å². The summed E-state index contributed by atoms with van der Waals surface area (Å²) in [5, 5.41) is 37.6. The van der Waals surface area contributed by atoms with Gasteiger partial charge >= 0.3 is 5.97 Å². The predicted octanol–water partition coefficient (Wildman–Crippen LogP) is 11.9. The molecule has 3 atom stereocenters. The lowest BCUT2D eigenvalue weighted by molar-refractivity contribution is -0.131. The topological polar surface area (TPSA) is 98.0 Å². The molecule has 0 unspecified atom stereocenters. The van der Waals surface area contributed by atoms with E-state index in [1.165, 1.54) is 51.2 Å². The van der Waals surface area contributed by atoms with E-state index in [1.807, 2.05) is 6.08 Å². The Kier molecular flexibility index (Phi) is 18.4. The largest absolute Gasteiger partial charge is 0.507 e. The first kappa shape index (κ1) is 45.4. The number of aromatic hydroxyl groups is 1. The first-order valence-electron chi connectivity index (χ1n) is 18.8. The van der Waals surface area contributed by atoms with E-state index in [9.17, 15) is 20.1 Å². The Morgan fingerprint density at radius 2 is 1.26 bits per heavy atom. The molecule has 0 saturated heterocycles. The van der Waals surface area contributed by atoms with Gasteiger partial charge in [0.05, 0.1) is 12.2 Å². The smallest absolute Gasteiger partial charge is 0.328 e. The number of aliphatic hydroxyl groups is 2. The molecule has 2 aliphatic carbocycles. The van der Waals surface area contributed by atoms with Crippen LogP contribution in [0.4, 0.5) is 0 Å². The van der Waals surface area contributed by atoms with Gasteiger partial charge in [0.1, 0.15) is 5.75 Å². The number of allylic oxidation sites excluding steroid dienone is 20. The zero-order valence-electron chi connectivity index (χ0n) is 34.2. The Balaban J connectivity index is 0.000000709. The van der Waals surface area contributed by atoms with Gasteiger partial charge in [0.15, 0.2) is 0 Å². The predicted molar refractivity (Wildman–Crippen MR) is 229 cm³/mol. The molecule has 0 amide bonds. The van der Waals surface area contributed by atoms with Crippen molar-refractivity contribution in [1.82, 2.24) is 0 Å². The van der Waals surface area contributed by atoms with E-state index in [4.69, 9.17) is 5.11 Å². The van der Waals surface area contributed by atoms with E-state index >= 15 is 0 Å². The van der Waals surface area contributed by atoms with Crippen molar-refractivity contribution >= 4 is 12.0 Å². The number of hydrogen-bond donors (Lipinski definition) is 4. The van der Waals surface area contributed by atoms with Crippen molar-refractivity contribution in [3.8, 4) is 5.75 Å². The summed E-state index contributed by atoms with van der Waals surface area (Å²) in [6.07, 6.45) is 36.1. The number of carbonyl (C=O) groups is 1. The summed E-state index contributed by atoms with van der Waals surface area (Å²) in [5.74, 6) is -0.603. The fourth-order valence-electron chi connectivity index (χ4n) is 6.93. The number of benzene rings is 1. The van der Waals surface area contributed by atoms with E-state index in [1.54, 1.807) is 18.2 Å². The second kappa shape index (κ2) is 21.9. The van der Waals surface area contributed by atoms with E-state index < -0.39 is 5.97 Å².